The Morgan fingerprint density at radius 2 is 2.33 bits per heavy atom. The van der Waals surface area contributed by atoms with Gasteiger partial charge in [0.25, 0.3) is 0 Å². The van der Waals surface area contributed by atoms with Crippen LogP contribution in [-0.4, -0.2) is 16.7 Å². The first-order chi connectivity index (χ1) is 2.91. The normalized spacial score (nSPS) is 9.00. The van der Waals surface area contributed by atoms with E-state index in [0.717, 1.165) is 9.68 Å². The van der Waals surface area contributed by atoms with Crippen LogP contribution in [0.1, 0.15) is 13.3 Å². The minimum Gasteiger partial charge on any atom is -0.342 e. The molecule has 0 atom stereocenters. The van der Waals surface area contributed by atoms with Gasteiger partial charge in [-0.3, -0.25) is 0 Å². The number of rotatable bonds is 3. The molecule has 0 aliphatic heterocycles. The zero-order valence-corrected chi connectivity index (χ0v) is 5.41. The van der Waals surface area contributed by atoms with Crippen molar-refractivity contribution in [2.45, 2.75) is 19.4 Å². The fourth-order valence-corrected chi connectivity index (χ4v) is 0.750. The van der Waals surface area contributed by atoms with Crippen LogP contribution in [0.15, 0.2) is 0 Å². The van der Waals surface area contributed by atoms with E-state index in [1.54, 1.807) is 0 Å². The molecule has 36 valence electrons. The molecule has 2 heteroatoms. The predicted molar refractivity (Wildman–Crippen MR) is 29.9 cm³/mol. The zero-order valence-electron chi connectivity index (χ0n) is 4.41. The third kappa shape index (κ3) is 4.18. The Balaban J connectivity index is 2.34. The van der Waals surface area contributed by atoms with Gasteiger partial charge < -0.3 is 4.98 Å². The van der Waals surface area contributed by atoms with E-state index in [1.165, 1.54) is 12.5 Å². The summed E-state index contributed by atoms with van der Waals surface area (Å²) < 4.78 is 0. The van der Waals surface area contributed by atoms with Crippen molar-refractivity contribution in [3.63, 3.8) is 0 Å². The van der Waals surface area contributed by atoms with Gasteiger partial charge in [0, 0.05) is 0 Å². The molecule has 0 spiro atoms. The van der Waals surface area contributed by atoms with Crippen molar-refractivity contribution in [3.05, 3.63) is 0 Å². The van der Waals surface area contributed by atoms with Crippen molar-refractivity contribution in [2.24, 2.45) is 0 Å². The lowest BCUT2D eigenvalue weighted by Crippen LogP contribution is -2.10. The van der Waals surface area contributed by atoms with Crippen LogP contribution in [0.5, 0.6) is 0 Å². The molecule has 2 radical (unpaired) electrons. The van der Waals surface area contributed by atoms with Crippen LogP contribution < -0.4 is 4.98 Å². The summed E-state index contributed by atoms with van der Waals surface area (Å²) in [7, 11) is 2.96. The maximum absolute atomic E-state index is 3.10. The van der Waals surface area contributed by atoms with Gasteiger partial charge in [0.1, 0.15) is 9.68 Å². The maximum atomic E-state index is 3.10. The fraction of sp³-hybridized carbons (Fsp3) is 1.00. The molecule has 0 aromatic heterocycles. The van der Waals surface area contributed by atoms with Gasteiger partial charge in [0.05, 0.1) is 0 Å². The summed E-state index contributed by atoms with van der Waals surface area (Å²) in [4.78, 5) is 3.10. The summed E-state index contributed by atoms with van der Waals surface area (Å²) in [5.41, 5.74) is 0. The Hall–Kier alpha value is 0.177. The molecule has 0 amide bonds. The molecule has 0 unspecified atom stereocenters. The molecule has 0 bridgehead atoms. The molecule has 0 fully saturated rings. The minimum atomic E-state index is 0.965. The molecule has 0 aromatic carbocycles. The van der Waals surface area contributed by atoms with E-state index in [1.807, 2.05) is 7.05 Å². The lowest BCUT2D eigenvalue weighted by atomic mass is 10.6. The SMILES string of the molecule is CCC[Si]NC. The Labute approximate surface area is 42.0 Å². The first-order valence-electron chi connectivity index (χ1n) is 2.31. The van der Waals surface area contributed by atoms with E-state index in [-0.39, 0.29) is 0 Å². The lowest BCUT2D eigenvalue weighted by Gasteiger charge is -1.86. The molecule has 0 aliphatic carbocycles. The monoisotopic (exact) mass is 101 g/mol. The van der Waals surface area contributed by atoms with Crippen LogP contribution in [0.25, 0.3) is 0 Å². The maximum Gasteiger partial charge on any atom is 0.138 e. The van der Waals surface area contributed by atoms with Gasteiger partial charge in [-0.1, -0.05) is 13.3 Å². The van der Waals surface area contributed by atoms with Crippen LogP contribution >= 0.6 is 0 Å². The molecule has 0 aromatic rings. The first-order valence-corrected chi connectivity index (χ1v) is 3.52. The standard InChI is InChI=1S/C4H11NSi/c1-3-4-6-5-2/h5H,3-4H2,1-2H3. The van der Waals surface area contributed by atoms with Gasteiger partial charge >= 0.3 is 0 Å². The Morgan fingerprint density at radius 1 is 1.67 bits per heavy atom. The first kappa shape index (κ1) is 6.18. The van der Waals surface area contributed by atoms with E-state index in [4.69, 9.17) is 0 Å². The predicted octanol–water partition coefficient (Wildman–Crippen LogP) is 0.653. The van der Waals surface area contributed by atoms with E-state index in [9.17, 15) is 0 Å². The molecular formula is C4H11NSi. The molecule has 6 heavy (non-hydrogen) atoms. The summed E-state index contributed by atoms with van der Waals surface area (Å²) in [5, 5.41) is 0. The van der Waals surface area contributed by atoms with Crippen LogP contribution in [0, 0.1) is 0 Å². The van der Waals surface area contributed by atoms with Crippen molar-refractivity contribution in [1.29, 1.82) is 0 Å². The van der Waals surface area contributed by atoms with Gasteiger partial charge in [-0.05, 0) is 13.1 Å². The highest BCUT2D eigenvalue weighted by molar-refractivity contribution is 6.31. The average molecular weight is 101 g/mol. The molecule has 0 rings (SSSR count). The molecule has 1 N–H and O–H groups in total. The molecule has 0 aliphatic rings. The largest absolute Gasteiger partial charge is 0.342 e. The van der Waals surface area contributed by atoms with Crippen molar-refractivity contribution in [1.82, 2.24) is 4.98 Å². The van der Waals surface area contributed by atoms with E-state index < -0.39 is 0 Å². The van der Waals surface area contributed by atoms with Crippen LogP contribution in [0.2, 0.25) is 6.04 Å². The van der Waals surface area contributed by atoms with E-state index in [0.29, 0.717) is 0 Å². The van der Waals surface area contributed by atoms with Gasteiger partial charge in [0.2, 0.25) is 0 Å². The highest BCUT2D eigenvalue weighted by Gasteiger charge is 1.76. The smallest absolute Gasteiger partial charge is 0.138 e. The van der Waals surface area contributed by atoms with Crippen molar-refractivity contribution in [2.75, 3.05) is 7.05 Å². The zero-order chi connectivity index (χ0) is 4.83. The van der Waals surface area contributed by atoms with E-state index >= 15 is 0 Å². The van der Waals surface area contributed by atoms with Crippen LogP contribution in [-0.2, 0) is 0 Å². The Kier molecular flexibility index (Phi) is 5.33. The third-order valence-corrected chi connectivity index (χ3v) is 1.66. The molecule has 1 nitrogen and oxygen atoms in total. The molecular weight excluding hydrogens is 90.1 g/mol. The lowest BCUT2D eigenvalue weighted by molar-refractivity contribution is 1.05. The van der Waals surface area contributed by atoms with Crippen LogP contribution in [0.4, 0.5) is 0 Å². The number of hydrogen-bond acceptors (Lipinski definition) is 1. The summed E-state index contributed by atoms with van der Waals surface area (Å²) >= 11 is 0. The Morgan fingerprint density at radius 3 is 2.50 bits per heavy atom. The molecule has 0 saturated carbocycles. The second-order valence-electron chi connectivity index (χ2n) is 1.18. The average Bonchev–Trinajstić information content (AvgIpc) is 1.61. The summed E-state index contributed by atoms with van der Waals surface area (Å²) in [6.07, 6.45) is 1.30. The fourth-order valence-electron chi connectivity index (χ4n) is 0.250. The van der Waals surface area contributed by atoms with Gasteiger partial charge in [-0.25, -0.2) is 0 Å². The van der Waals surface area contributed by atoms with Gasteiger partial charge in [0.15, 0.2) is 0 Å². The Bertz CT molecular complexity index is 19.5. The molecule has 0 heterocycles. The van der Waals surface area contributed by atoms with Crippen molar-refractivity contribution in [3.8, 4) is 0 Å². The highest BCUT2D eigenvalue weighted by Crippen LogP contribution is 1.79. The quantitative estimate of drug-likeness (QED) is 0.406. The summed E-state index contributed by atoms with van der Waals surface area (Å²) in [5.74, 6) is 0. The van der Waals surface area contributed by atoms with E-state index in [2.05, 4.69) is 11.9 Å². The number of nitrogens with one attached hydrogen (secondary N) is 1. The van der Waals surface area contributed by atoms with Gasteiger partial charge in [-0.15, -0.1) is 0 Å². The minimum absolute atomic E-state index is 0.965. The third-order valence-electron chi connectivity index (χ3n) is 0.552. The van der Waals surface area contributed by atoms with Crippen LogP contribution in [0.3, 0.4) is 0 Å². The summed E-state index contributed by atoms with van der Waals surface area (Å²) in [6.45, 7) is 2.20. The van der Waals surface area contributed by atoms with Crippen molar-refractivity contribution >= 4 is 9.68 Å². The molecule has 0 saturated heterocycles. The van der Waals surface area contributed by atoms with Gasteiger partial charge in [-0.2, -0.15) is 0 Å². The number of hydrogen-bond donors (Lipinski definition) is 1. The second-order valence-corrected chi connectivity index (χ2v) is 2.53. The topological polar surface area (TPSA) is 12.0 Å². The second kappa shape index (κ2) is 5.18. The summed E-state index contributed by atoms with van der Waals surface area (Å²) in [6, 6.07) is 1.33. The highest BCUT2D eigenvalue weighted by atomic mass is 28.2. The van der Waals surface area contributed by atoms with Crippen molar-refractivity contribution < 1.29 is 0 Å².